The second-order valence-electron chi connectivity index (χ2n) is 6.72. The van der Waals surface area contributed by atoms with Crippen LogP contribution in [-0.2, 0) is 0 Å². The minimum atomic E-state index is 0.370. The second-order valence-corrected chi connectivity index (χ2v) is 7.87. The fourth-order valence-electron chi connectivity index (χ4n) is 3.31. The predicted octanol–water partition coefficient (Wildman–Crippen LogP) is 3.00. The lowest BCUT2D eigenvalue weighted by Crippen LogP contribution is -2.65. The lowest BCUT2D eigenvalue weighted by Gasteiger charge is -2.48. The lowest BCUT2D eigenvalue weighted by molar-refractivity contribution is 0.0579. The van der Waals surface area contributed by atoms with Gasteiger partial charge in [0, 0.05) is 42.7 Å². The van der Waals surface area contributed by atoms with Crippen LogP contribution in [0.1, 0.15) is 33.6 Å². The first kappa shape index (κ1) is 15.4. The fraction of sp³-hybridized carbons (Fsp3) is 0.875. The molecule has 3 heteroatoms. The highest BCUT2D eigenvalue weighted by Gasteiger charge is 2.46. The molecule has 1 aliphatic carbocycles. The summed E-state index contributed by atoms with van der Waals surface area (Å²) in [4.78, 5) is 2.75. The lowest BCUT2D eigenvalue weighted by atomic mass is 9.88. The van der Waals surface area contributed by atoms with Crippen molar-refractivity contribution in [3.63, 3.8) is 0 Å². The molecule has 2 atom stereocenters. The Morgan fingerprint density at radius 1 is 1.47 bits per heavy atom. The smallest absolute Gasteiger partial charge is 0.0309 e. The van der Waals surface area contributed by atoms with E-state index >= 15 is 0 Å². The highest BCUT2D eigenvalue weighted by molar-refractivity contribution is 7.99. The van der Waals surface area contributed by atoms with Gasteiger partial charge in [0.15, 0.2) is 0 Å². The highest BCUT2D eigenvalue weighted by atomic mass is 32.2. The van der Waals surface area contributed by atoms with E-state index in [2.05, 4.69) is 37.6 Å². The summed E-state index contributed by atoms with van der Waals surface area (Å²) in [6.07, 6.45) is 4.86. The molecule has 0 radical (unpaired) electrons. The minimum Gasteiger partial charge on any atom is -0.308 e. The molecule has 0 aromatic rings. The summed E-state index contributed by atoms with van der Waals surface area (Å²) in [5.74, 6) is 3.97. The van der Waals surface area contributed by atoms with Gasteiger partial charge < -0.3 is 5.32 Å². The zero-order valence-corrected chi connectivity index (χ0v) is 13.6. The van der Waals surface area contributed by atoms with E-state index < -0.39 is 0 Å². The van der Waals surface area contributed by atoms with Gasteiger partial charge in [0.2, 0.25) is 0 Å². The summed E-state index contributed by atoms with van der Waals surface area (Å²) in [6.45, 7) is 14.6. The van der Waals surface area contributed by atoms with Crippen molar-refractivity contribution in [1.29, 1.82) is 0 Å². The molecule has 0 aromatic heterocycles. The van der Waals surface area contributed by atoms with Crippen LogP contribution in [0.4, 0.5) is 0 Å². The average Bonchev–Trinajstić information content (AvgIpc) is 3.19. The molecule has 0 spiro atoms. The van der Waals surface area contributed by atoms with Gasteiger partial charge in [-0.05, 0) is 31.6 Å². The van der Waals surface area contributed by atoms with Crippen LogP contribution in [0.15, 0.2) is 12.7 Å². The summed E-state index contributed by atoms with van der Waals surface area (Å²) in [6, 6.07) is 0.705. The summed E-state index contributed by atoms with van der Waals surface area (Å²) < 4.78 is 0. The maximum Gasteiger partial charge on any atom is 0.0309 e. The molecule has 2 nitrogen and oxygen atoms in total. The molecule has 2 rings (SSSR count). The molecule has 110 valence electrons. The molecule has 19 heavy (non-hydrogen) atoms. The Labute approximate surface area is 123 Å². The summed E-state index contributed by atoms with van der Waals surface area (Å²) in [5.41, 5.74) is 0.370. The number of nitrogens with zero attached hydrogens (tertiary/aromatic N) is 1. The Kier molecular flexibility index (Phi) is 5.38. The average molecular weight is 282 g/mol. The highest BCUT2D eigenvalue weighted by Crippen LogP contribution is 2.41. The first-order valence-electron chi connectivity index (χ1n) is 7.74. The number of thioether (sulfide) groups is 1. The quantitative estimate of drug-likeness (QED) is 0.571. The van der Waals surface area contributed by atoms with Gasteiger partial charge in [-0.25, -0.2) is 0 Å². The van der Waals surface area contributed by atoms with Crippen molar-refractivity contribution in [1.82, 2.24) is 10.2 Å². The molecular weight excluding hydrogens is 252 g/mol. The van der Waals surface area contributed by atoms with Gasteiger partial charge >= 0.3 is 0 Å². The molecule has 0 amide bonds. The summed E-state index contributed by atoms with van der Waals surface area (Å²) in [7, 11) is 0. The zero-order chi connectivity index (χ0) is 13.9. The van der Waals surface area contributed by atoms with Crippen molar-refractivity contribution in [2.24, 2.45) is 11.8 Å². The van der Waals surface area contributed by atoms with Crippen molar-refractivity contribution in [2.75, 3.05) is 31.1 Å². The van der Waals surface area contributed by atoms with E-state index in [0.29, 0.717) is 11.6 Å². The maximum atomic E-state index is 3.86. The zero-order valence-electron chi connectivity index (χ0n) is 12.8. The van der Waals surface area contributed by atoms with Gasteiger partial charge in [-0.2, -0.15) is 11.8 Å². The second kappa shape index (κ2) is 6.64. The van der Waals surface area contributed by atoms with Crippen molar-refractivity contribution in [3.8, 4) is 0 Å². The van der Waals surface area contributed by atoms with Crippen molar-refractivity contribution < 1.29 is 0 Å². The van der Waals surface area contributed by atoms with E-state index in [1.807, 2.05) is 17.8 Å². The van der Waals surface area contributed by atoms with Crippen molar-refractivity contribution in [2.45, 2.75) is 45.2 Å². The standard InChI is InChI=1S/C16H30N2S/c1-5-9-19-10-8-18-12-16(4,14-6-7-14)17-11-15(18)13(2)3/h5,13-15,17H,1,6-12H2,2-4H3. The van der Waals surface area contributed by atoms with Gasteiger partial charge in [-0.1, -0.05) is 19.9 Å². The first-order chi connectivity index (χ1) is 9.07. The largest absolute Gasteiger partial charge is 0.308 e. The molecule has 1 heterocycles. The molecule has 0 aromatic carbocycles. The third-order valence-corrected chi connectivity index (χ3v) is 5.66. The van der Waals surface area contributed by atoms with Crippen LogP contribution in [0.3, 0.4) is 0 Å². The van der Waals surface area contributed by atoms with E-state index in [-0.39, 0.29) is 0 Å². The van der Waals surface area contributed by atoms with Crippen LogP contribution in [0.5, 0.6) is 0 Å². The Balaban J connectivity index is 1.90. The van der Waals surface area contributed by atoms with Crippen LogP contribution in [0.2, 0.25) is 0 Å². The SMILES string of the molecule is C=CCSCCN1CC(C)(C2CC2)NCC1C(C)C. The van der Waals surface area contributed by atoms with Crippen LogP contribution < -0.4 is 5.32 Å². The van der Waals surface area contributed by atoms with Gasteiger partial charge in [0.05, 0.1) is 0 Å². The molecule has 2 fully saturated rings. The number of hydrogen-bond donors (Lipinski definition) is 1. The molecular formula is C16H30N2S. The Hall–Kier alpha value is 0.01000. The third kappa shape index (κ3) is 3.99. The third-order valence-electron chi connectivity index (χ3n) is 4.72. The van der Waals surface area contributed by atoms with Crippen LogP contribution in [-0.4, -0.2) is 47.6 Å². The first-order valence-corrected chi connectivity index (χ1v) is 8.90. The van der Waals surface area contributed by atoms with E-state index in [4.69, 9.17) is 0 Å². The molecule has 2 unspecified atom stereocenters. The number of nitrogens with one attached hydrogen (secondary N) is 1. The van der Waals surface area contributed by atoms with Gasteiger partial charge in [-0.3, -0.25) is 4.90 Å². The summed E-state index contributed by atoms with van der Waals surface area (Å²) in [5, 5.41) is 3.86. The van der Waals surface area contributed by atoms with E-state index in [1.165, 1.54) is 31.7 Å². The van der Waals surface area contributed by atoms with Crippen LogP contribution in [0, 0.1) is 11.8 Å². The molecule has 0 bridgehead atoms. The van der Waals surface area contributed by atoms with Gasteiger partial charge in [-0.15, -0.1) is 6.58 Å². The fourth-order valence-corrected chi connectivity index (χ4v) is 4.00. The van der Waals surface area contributed by atoms with Crippen molar-refractivity contribution >= 4 is 11.8 Å². The van der Waals surface area contributed by atoms with Gasteiger partial charge in [0.25, 0.3) is 0 Å². The maximum absolute atomic E-state index is 3.86. The van der Waals surface area contributed by atoms with E-state index in [0.717, 1.165) is 24.1 Å². The van der Waals surface area contributed by atoms with Crippen LogP contribution >= 0.6 is 11.8 Å². The summed E-state index contributed by atoms with van der Waals surface area (Å²) >= 11 is 2.00. The topological polar surface area (TPSA) is 15.3 Å². The molecule has 1 saturated heterocycles. The van der Waals surface area contributed by atoms with Crippen LogP contribution in [0.25, 0.3) is 0 Å². The minimum absolute atomic E-state index is 0.370. The predicted molar refractivity (Wildman–Crippen MR) is 86.9 cm³/mol. The van der Waals surface area contributed by atoms with Gasteiger partial charge in [0.1, 0.15) is 0 Å². The monoisotopic (exact) mass is 282 g/mol. The van der Waals surface area contributed by atoms with Crippen molar-refractivity contribution in [3.05, 3.63) is 12.7 Å². The Bertz CT molecular complexity index is 301. The number of hydrogen-bond acceptors (Lipinski definition) is 3. The normalized spacial score (nSPS) is 32.7. The number of rotatable bonds is 7. The van der Waals surface area contributed by atoms with E-state index in [9.17, 15) is 0 Å². The molecule has 2 aliphatic rings. The number of piperazine rings is 1. The Morgan fingerprint density at radius 3 is 2.79 bits per heavy atom. The molecule has 1 saturated carbocycles. The molecule has 1 N–H and O–H groups in total. The van der Waals surface area contributed by atoms with E-state index in [1.54, 1.807) is 0 Å². The Morgan fingerprint density at radius 2 is 2.21 bits per heavy atom. The molecule has 1 aliphatic heterocycles.